The number of nitrogens with zero attached hydrogens (tertiary/aromatic N) is 1. The molecule has 0 saturated heterocycles. The summed E-state index contributed by atoms with van der Waals surface area (Å²) >= 11 is 4.85. The van der Waals surface area contributed by atoms with E-state index in [1.165, 1.54) is 11.8 Å². The van der Waals surface area contributed by atoms with Gasteiger partial charge in [0.05, 0.1) is 5.56 Å². The lowest BCUT2D eigenvalue weighted by Gasteiger charge is -2.06. The van der Waals surface area contributed by atoms with E-state index < -0.39 is 5.97 Å². The molecule has 0 aliphatic rings. The Morgan fingerprint density at radius 1 is 1.33 bits per heavy atom. The minimum absolute atomic E-state index is 0.306. The van der Waals surface area contributed by atoms with Gasteiger partial charge >= 0.3 is 5.97 Å². The summed E-state index contributed by atoms with van der Waals surface area (Å²) in [5.74, 6) is -0.906. The van der Waals surface area contributed by atoms with E-state index in [1.807, 2.05) is 25.1 Å². The van der Waals surface area contributed by atoms with E-state index in [2.05, 4.69) is 20.9 Å². The first-order valence-electron chi connectivity index (χ1n) is 5.19. The van der Waals surface area contributed by atoms with E-state index >= 15 is 0 Å². The third kappa shape index (κ3) is 3.11. The molecule has 2 aromatic rings. The Balaban J connectivity index is 2.24. The van der Waals surface area contributed by atoms with Crippen molar-refractivity contribution in [1.29, 1.82) is 0 Å². The van der Waals surface area contributed by atoms with Gasteiger partial charge in [-0.2, -0.15) is 0 Å². The summed E-state index contributed by atoms with van der Waals surface area (Å²) in [6.07, 6.45) is 1.74. The van der Waals surface area contributed by atoms with Crippen molar-refractivity contribution in [2.24, 2.45) is 0 Å². The molecule has 0 radical (unpaired) electrons. The summed E-state index contributed by atoms with van der Waals surface area (Å²) in [6, 6.07) is 8.93. The molecule has 0 atom stereocenters. The highest BCUT2D eigenvalue weighted by Gasteiger charge is 2.07. The second-order valence-electron chi connectivity index (χ2n) is 3.70. The van der Waals surface area contributed by atoms with Crippen molar-refractivity contribution in [3.63, 3.8) is 0 Å². The average molecular weight is 324 g/mol. The van der Waals surface area contributed by atoms with Gasteiger partial charge in [-0.3, -0.25) is 0 Å². The van der Waals surface area contributed by atoms with Gasteiger partial charge in [0.25, 0.3) is 0 Å². The van der Waals surface area contributed by atoms with Crippen LogP contribution in [-0.2, 0) is 0 Å². The van der Waals surface area contributed by atoms with Crippen LogP contribution in [0.5, 0.6) is 0 Å². The molecule has 3 nitrogen and oxygen atoms in total. The minimum atomic E-state index is -0.906. The molecule has 0 aliphatic heterocycles. The number of aryl methyl sites for hydroxylation is 1. The van der Waals surface area contributed by atoms with Crippen molar-refractivity contribution >= 4 is 33.7 Å². The number of benzene rings is 1. The Morgan fingerprint density at radius 3 is 2.67 bits per heavy atom. The fraction of sp³-hybridized carbons (Fsp3) is 0.0769. The molecule has 0 bridgehead atoms. The van der Waals surface area contributed by atoms with Crippen LogP contribution < -0.4 is 0 Å². The Hall–Kier alpha value is -1.33. The first kappa shape index (κ1) is 13.1. The van der Waals surface area contributed by atoms with Gasteiger partial charge in [-0.1, -0.05) is 11.8 Å². The minimum Gasteiger partial charge on any atom is -0.478 e. The number of hydrogen-bond acceptors (Lipinski definition) is 3. The zero-order chi connectivity index (χ0) is 13.1. The molecule has 0 fully saturated rings. The Kier molecular flexibility index (Phi) is 4.04. The van der Waals surface area contributed by atoms with E-state index in [0.29, 0.717) is 5.56 Å². The van der Waals surface area contributed by atoms with E-state index in [4.69, 9.17) is 5.11 Å². The zero-order valence-corrected chi connectivity index (χ0v) is 12.0. The number of carboxylic acid groups (broad SMARTS) is 1. The van der Waals surface area contributed by atoms with Crippen LogP contribution in [0, 0.1) is 6.92 Å². The highest BCUT2D eigenvalue weighted by molar-refractivity contribution is 9.10. The molecule has 1 aromatic heterocycles. The number of carbonyl (C=O) groups is 1. The fourth-order valence-corrected chi connectivity index (χ4v) is 2.49. The molecule has 0 amide bonds. The number of hydrogen-bond donors (Lipinski definition) is 1. The molecule has 1 aromatic carbocycles. The maximum Gasteiger partial charge on any atom is 0.335 e. The van der Waals surface area contributed by atoms with Crippen molar-refractivity contribution < 1.29 is 9.90 Å². The SMILES string of the molecule is Cc1cc(C(=O)O)ccc1Sc1ccc(Br)cn1. The van der Waals surface area contributed by atoms with Crippen molar-refractivity contribution in [3.8, 4) is 0 Å². The summed E-state index contributed by atoms with van der Waals surface area (Å²) in [4.78, 5) is 16.1. The molecule has 1 heterocycles. The summed E-state index contributed by atoms with van der Waals surface area (Å²) in [5.41, 5.74) is 1.24. The topological polar surface area (TPSA) is 50.2 Å². The summed E-state index contributed by atoms with van der Waals surface area (Å²) in [5, 5.41) is 9.78. The standard InChI is InChI=1S/C13H10BrNO2S/c1-8-6-9(13(16)17)2-4-11(8)18-12-5-3-10(14)7-15-12/h2-7H,1H3,(H,16,17). The van der Waals surface area contributed by atoms with Crippen molar-refractivity contribution in [2.45, 2.75) is 16.8 Å². The Morgan fingerprint density at radius 2 is 2.11 bits per heavy atom. The van der Waals surface area contributed by atoms with Crippen molar-refractivity contribution in [3.05, 3.63) is 52.1 Å². The number of halogens is 1. The van der Waals surface area contributed by atoms with Gasteiger partial charge in [-0.25, -0.2) is 9.78 Å². The molecule has 0 spiro atoms. The van der Waals surface area contributed by atoms with Crippen molar-refractivity contribution in [1.82, 2.24) is 4.98 Å². The normalized spacial score (nSPS) is 10.3. The molecule has 92 valence electrons. The molecule has 1 N–H and O–H groups in total. The zero-order valence-electron chi connectivity index (χ0n) is 9.55. The molecule has 5 heteroatoms. The second kappa shape index (κ2) is 5.54. The number of aromatic nitrogens is 1. The molecule has 0 aliphatic carbocycles. The van der Waals surface area contributed by atoms with Gasteiger partial charge in [0.1, 0.15) is 5.03 Å². The maximum absolute atomic E-state index is 10.8. The molecule has 0 saturated carbocycles. The van der Waals surface area contributed by atoms with Gasteiger partial charge in [0, 0.05) is 15.6 Å². The number of carboxylic acids is 1. The van der Waals surface area contributed by atoms with Crippen LogP contribution in [0.1, 0.15) is 15.9 Å². The summed E-state index contributed by atoms with van der Waals surface area (Å²) in [6.45, 7) is 1.90. The smallest absolute Gasteiger partial charge is 0.335 e. The quantitative estimate of drug-likeness (QED) is 0.927. The van der Waals surface area contributed by atoms with Crippen LogP contribution in [0.2, 0.25) is 0 Å². The first-order valence-corrected chi connectivity index (χ1v) is 6.80. The van der Waals surface area contributed by atoms with Gasteiger partial charge in [0.2, 0.25) is 0 Å². The van der Waals surface area contributed by atoms with Crippen LogP contribution in [0.4, 0.5) is 0 Å². The van der Waals surface area contributed by atoms with Gasteiger partial charge < -0.3 is 5.11 Å². The maximum atomic E-state index is 10.8. The number of pyridine rings is 1. The first-order chi connectivity index (χ1) is 8.56. The Labute approximate surface area is 117 Å². The van der Waals surface area contributed by atoms with Crippen LogP contribution in [0.15, 0.2) is 50.9 Å². The predicted octanol–water partition coefficient (Wildman–Crippen LogP) is 4.00. The average Bonchev–Trinajstić information content (AvgIpc) is 2.34. The van der Waals surface area contributed by atoms with Crippen LogP contribution >= 0.6 is 27.7 Å². The predicted molar refractivity (Wildman–Crippen MR) is 74.2 cm³/mol. The van der Waals surface area contributed by atoms with Crippen LogP contribution in [0.25, 0.3) is 0 Å². The molecule has 2 rings (SSSR count). The highest BCUT2D eigenvalue weighted by Crippen LogP contribution is 2.29. The lowest BCUT2D eigenvalue weighted by Crippen LogP contribution is -1.96. The third-order valence-corrected chi connectivity index (χ3v) is 3.93. The number of aromatic carboxylic acids is 1. The van der Waals surface area contributed by atoms with E-state index in [1.54, 1.807) is 18.3 Å². The van der Waals surface area contributed by atoms with Crippen LogP contribution in [-0.4, -0.2) is 16.1 Å². The van der Waals surface area contributed by atoms with Crippen molar-refractivity contribution in [2.75, 3.05) is 0 Å². The highest BCUT2D eigenvalue weighted by atomic mass is 79.9. The Bertz CT molecular complexity index is 584. The van der Waals surface area contributed by atoms with E-state index in [0.717, 1.165) is 20.0 Å². The second-order valence-corrected chi connectivity index (χ2v) is 5.68. The lowest BCUT2D eigenvalue weighted by atomic mass is 10.1. The molecule has 18 heavy (non-hydrogen) atoms. The third-order valence-electron chi connectivity index (χ3n) is 2.34. The summed E-state index contributed by atoms with van der Waals surface area (Å²) < 4.78 is 0.935. The van der Waals surface area contributed by atoms with Gasteiger partial charge in [-0.05, 0) is 58.7 Å². The number of rotatable bonds is 3. The monoisotopic (exact) mass is 323 g/mol. The molecule has 0 unspecified atom stereocenters. The summed E-state index contributed by atoms with van der Waals surface area (Å²) in [7, 11) is 0. The lowest BCUT2D eigenvalue weighted by molar-refractivity contribution is 0.0696. The largest absolute Gasteiger partial charge is 0.478 e. The van der Waals surface area contributed by atoms with Crippen LogP contribution in [0.3, 0.4) is 0 Å². The molecular formula is C13H10BrNO2S. The molecular weight excluding hydrogens is 314 g/mol. The van der Waals surface area contributed by atoms with Gasteiger partial charge in [0.15, 0.2) is 0 Å². The van der Waals surface area contributed by atoms with E-state index in [-0.39, 0.29) is 0 Å². The fourth-order valence-electron chi connectivity index (χ4n) is 1.43. The van der Waals surface area contributed by atoms with Gasteiger partial charge in [-0.15, -0.1) is 0 Å². The van der Waals surface area contributed by atoms with E-state index in [9.17, 15) is 4.79 Å².